The van der Waals surface area contributed by atoms with Crippen LogP contribution in [0.25, 0.3) is 0 Å². The van der Waals surface area contributed by atoms with Crippen molar-refractivity contribution in [3.05, 3.63) is 47.3 Å². The molecule has 0 saturated carbocycles. The highest BCUT2D eigenvalue weighted by atomic mass is 16.1. The Bertz CT molecular complexity index is 586. The molecule has 0 saturated heterocycles. The fourth-order valence-corrected chi connectivity index (χ4v) is 2.04. The fraction of sp³-hybridized carbons (Fsp3) is 0.333. The van der Waals surface area contributed by atoms with Crippen LogP contribution < -0.4 is 10.6 Å². The van der Waals surface area contributed by atoms with Crippen molar-refractivity contribution < 1.29 is 4.79 Å². The van der Waals surface area contributed by atoms with Crippen LogP contribution in [0.15, 0.2) is 30.5 Å². The Morgan fingerprint density at radius 1 is 1.30 bits per heavy atom. The van der Waals surface area contributed by atoms with Crippen LogP contribution in [0.1, 0.15) is 28.5 Å². The van der Waals surface area contributed by atoms with E-state index in [0.717, 1.165) is 23.5 Å². The fourth-order valence-electron chi connectivity index (χ4n) is 2.04. The highest BCUT2D eigenvalue weighted by Gasteiger charge is 2.07. The molecule has 0 atom stereocenters. The minimum absolute atomic E-state index is 0.0729. The summed E-state index contributed by atoms with van der Waals surface area (Å²) in [5, 5.41) is 10.4. The van der Waals surface area contributed by atoms with Gasteiger partial charge in [-0.3, -0.25) is 9.48 Å². The van der Waals surface area contributed by atoms with Gasteiger partial charge in [0.25, 0.3) is 5.91 Å². The van der Waals surface area contributed by atoms with Gasteiger partial charge in [0.1, 0.15) is 0 Å². The number of hydrogen-bond acceptors (Lipinski definition) is 3. The minimum Gasteiger partial charge on any atom is -0.385 e. The van der Waals surface area contributed by atoms with Gasteiger partial charge in [0, 0.05) is 43.1 Å². The Hall–Kier alpha value is -2.30. The lowest BCUT2D eigenvalue weighted by Crippen LogP contribution is -2.22. The van der Waals surface area contributed by atoms with Gasteiger partial charge >= 0.3 is 0 Å². The molecular formula is C15H20N4O. The monoisotopic (exact) mass is 272 g/mol. The highest BCUT2D eigenvalue weighted by Crippen LogP contribution is 2.10. The van der Waals surface area contributed by atoms with E-state index in [1.165, 1.54) is 0 Å². The van der Waals surface area contributed by atoms with Gasteiger partial charge < -0.3 is 10.6 Å². The van der Waals surface area contributed by atoms with Crippen molar-refractivity contribution in [2.75, 3.05) is 11.9 Å². The van der Waals surface area contributed by atoms with Crippen LogP contribution in [0.3, 0.4) is 0 Å². The SMILES string of the molecule is CCNc1ccc(C(=O)NCc2cn(C)nc2C)cc1. The van der Waals surface area contributed by atoms with Crippen LogP contribution in [0.2, 0.25) is 0 Å². The second kappa shape index (κ2) is 6.23. The third-order valence-electron chi connectivity index (χ3n) is 3.08. The molecule has 0 bridgehead atoms. The molecule has 0 spiro atoms. The molecular weight excluding hydrogens is 252 g/mol. The van der Waals surface area contributed by atoms with Gasteiger partial charge in [0.2, 0.25) is 0 Å². The van der Waals surface area contributed by atoms with Gasteiger partial charge in [-0.2, -0.15) is 5.10 Å². The molecule has 5 nitrogen and oxygen atoms in total. The molecule has 5 heteroatoms. The summed E-state index contributed by atoms with van der Waals surface area (Å²) in [5.74, 6) is -0.0729. The maximum atomic E-state index is 12.0. The van der Waals surface area contributed by atoms with Crippen molar-refractivity contribution in [1.29, 1.82) is 0 Å². The topological polar surface area (TPSA) is 59.0 Å². The summed E-state index contributed by atoms with van der Waals surface area (Å²) >= 11 is 0. The number of benzene rings is 1. The van der Waals surface area contributed by atoms with Gasteiger partial charge in [-0.25, -0.2) is 0 Å². The Balaban J connectivity index is 1.96. The summed E-state index contributed by atoms with van der Waals surface area (Å²) in [6.45, 7) is 5.34. The highest BCUT2D eigenvalue weighted by molar-refractivity contribution is 5.94. The molecule has 2 N–H and O–H groups in total. The summed E-state index contributed by atoms with van der Waals surface area (Å²) < 4.78 is 1.75. The Morgan fingerprint density at radius 2 is 2.00 bits per heavy atom. The van der Waals surface area contributed by atoms with Crippen LogP contribution >= 0.6 is 0 Å². The lowest BCUT2D eigenvalue weighted by molar-refractivity contribution is 0.0951. The first-order valence-corrected chi connectivity index (χ1v) is 6.71. The summed E-state index contributed by atoms with van der Waals surface area (Å²) in [7, 11) is 1.87. The average Bonchev–Trinajstić information content (AvgIpc) is 2.75. The zero-order chi connectivity index (χ0) is 14.5. The smallest absolute Gasteiger partial charge is 0.251 e. The number of aromatic nitrogens is 2. The molecule has 106 valence electrons. The van der Waals surface area contributed by atoms with E-state index in [0.29, 0.717) is 12.1 Å². The van der Waals surface area contributed by atoms with E-state index in [-0.39, 0.29) is 5.91 Å². The molecule has 20 heavy (non-hydrogen) atoms. The standard InChI is InChI=1S/C15H20N4O/c1-4-16-14-7-5-12(6-8-14)15(20)17-9-13-10-19(3)18-11(13)2/h5-8,10,16H,4,9H2,1-3H3,(H,17,20). The van der Waals surface area contributed by atoms with Crippen LogP contribution in [-0.4, -0.2) is 22.2 Å². The predicted molar refractivity (Wildman–Crippen MR) is 79.7 cm³/mol. The Kier molecular flexibility index (Phi) is 4.40. The van der Waals surface area contributed by atoms with Crippen LogP contribution in [0, 0.1) is 6.92 Å². The van der Waals surface area contributed by atoms with E-state index in [4.69, 9.17) is 0 Å². The molecule has 0 unspecified atom stereocenters. The zero-order valence-corrected chi connectivity index (χ0v) is 12.1. The minimum atomic E-state index is -0.0729. The normalized spacial score (nSPS) is 10.3. The number of aryl methyl sites for hydroxylation is 2. The predicted octanol–water partition coefficient (Wildman–Crippen LogP) is 2.09. The maximum Gasteiger partial charge on any atom is 0.251 e. The number of hydrogen-bond donors (Lipinski definition) is 2. The molecule has 1 aromatic heterocycles. The lowest BCUT2D eigenvalue weighted by Gasteiger charge is -2.06. The van der Waals surface area contributed by atoms with Gasteiger partial charge in [0.05, 0.1) is 5.69 Å². The molecule has 0 fully saturated rings. The number of nitrogens with zero attached hydrogens (tertiary/aromatic N) is 2. The first-order valence-electron chi connectivity index (χ1n) is 6.71. The molecule has 0 aliphatic carbocycles. The summed E-state index contributed by atoms with van der Waals surface area (Å²) in [6.07, 6.45) is 1.92. The number of nitrogens with one attached hydrogen (secondary N) is 2. The average molecular weight is 272 g/mol. The molecule has 2 aromatic rings. The van der Waals surface area contributed by atoms with E-state index in [1.54, 1.807) is 4.68 Å². The Morgan fingerprint density at radius 3 is 2.55 bits per heavy atom. The van der Waals surface area contributed by atoms with E-state index < -0.39 is 0 Å². The van der Waals surface area contributed by atoms with Crippen molar-refractivity contribution in [1.82, 2.24) is 15.1 Å². The third kappa shape index (κ3) is 3.38. The summed E-state index contributed by atoms with van der Waals surface area (Å²) in [5.41, 5.74) is 3.65. The Labute approximate surface area is 119 Å². The number of carbonyl (C=O) groups is 1. The van der Waals surface area contributed by atoms with Crippen LogP contribution in [0.5, 0.6) is 0 Å². The summed E-state index contributed by atoms with van der Waals surface area (Å²) in [6, 6.07) is 7.47. The second-order valence-corrected chi connectivity index (χ2v) is 4.70. The van der Waals surface area contributed by atoms with Crippen molar-refractivity contribution in [3.63, 3.8) is 0 Å². The molecule has 1 heterocycles. The number of amides is 1. The third-order valence-corrected chi connectivity index (χ3v) is 3.08. The lowest BCUT2D eigenvalue weighted by atomic mass is 10.2. The van der Waals surface area contributed by atoms with Crippen LogP contribution in [-0.2, 0) is 13.6 Å². The maximum absolute atomic E-state index is 12.0. The largest absolute Gasteiger partial charge is 0.385 e. The van der Waals surface area contributed by atoms with E-state index >= 15 is 0 Å². The first-order chi connectivity index (χ1) is 9.60. The van der Waals surface area contributed by atoms with Gasteiger partial charge in [-0.05, 0) is 38.1 Å². The van der Waals surface area contributed by atoms with Gasteiger partial charge in [-0.15, -0.1) is 0 Å². The number of anilines is 1. The molecule has 1 aromatic carbocycles. The van der Waals surface area contributed by atoms with Crippen molar-refractivity contribution in [2.45, 2.75) is 20.4 Å². The number of carbonyl (C=O) groups excluding carboxylic acids is 1. The molecule has 0 aliphatic rings. The van der Waals surface area contributed by atoms with Crippen molar-refractivity contribution in [2.24, 2.45) is 7.05 Å². The van der Waals surface area contributed by atoms with E-state index in [1.807, 2.05) is 51.4 Å². The van der Waals surface area contributed by atoms with Crippen molar-refractivity contribution >= 4 is 11.6 Å². The number of rotatable bonds is 5. The zero-order valence-electron chi connectivity index (χ0n) is 12.1. The molecule has 2 rings (SSSR count). The summed E-state index contributed by atoms with van der Waals surface area (Å²) in [4.78, 5) is 12.0. The quantitative estimate of drug-likeness (QED) is 0.876. The van der Waals surface area contributed by atoms with Gasteiger partial charge in [0.15, 0.2) is 0 Å². The van der Waals surface area contributed by atoms with E-state index in [9.17, 15) is 4.79 Å². The second-order valence-electron chi connectivity index (χ2n) is 4.70. The van der Waals surface area contributed by atoms with Gasteiger partial charge in [-0.1, -0.05) is 0 Å². The molecule has 1 amide bonds. The van der Waals surface area contributed by atoms with E-state index in [2.05, 4.69) is 15.7 Å². The molecule has 0 radical (unpaired) electrons. The van der Waals surface area contributed by atoms with Crippen LogP contribution in [0.4, 0.5) is 5.69 Å². The van der Waals surface area contributed by atoms with Crippen molar-refractivity contribution in [3.8, 4) is 0 Å². The first kappa shape index (κ1) is 14.1. The molecule has 0 aliphatic heterocycles.